The monoisotopic (exact) mass is 617 g/mol. The Morgan fingerprint density at radius 3 is 2.33 bits per heavy atom. The first-order chi connectivity index (χ1) is 21.6. The van der Waals surface area contributed by atoms with Gasteiger partial charge in [-0.05, 0) is 87.7 Å². The van der Waals surface area contributed by atoms with E-state index < -0.39 is 11.7 Å². The third-order valence-electron chi connectivity index (χ3n) is 8.36. The number of alkyl halides is 3. The molecule has 0 bridgehead atoms. The zero-order valence-electron chi connectivity index (χ0n) is 24.9. The van der Waals surface area contributed by atoms with Crippen molar-refractivity contribution in [3.05, 3.63) is 83.4 Å². The van der Waals surface area contributed by atoms with E-state index in [9.17, 15) is 18.0 Å². The summed E-state index contributed by atoms with van der Waals surface area (Å²) < 4.78 is 44.8. The number of hydrogen-bond acceptors (Lipinski definition) is 8. The molecule has 3 aromatic heterocycles. The van der Waals surface area contributed by atoms with Crippen molar-refractivity contribution in [1.82, 2.24) is 29.7 Å². The topological polar surface area (TPSA) is 110 Å². The molecule has 4 aromatic rings. The van der Waals surface area contributed by atoms with E-state index in [-0.39, 0.29) is 29.9 Å². The number of carbonyl (C=O) groups excluding carboxylic acids is 1. The van der Waals surface area contributed by atoms with E-state index in [1.807, 2.05) is 29.2 Å². The third kappa shape index (κ3) is 7.06. The summed E-state index contributed by atoms with van der Waals surface area (Å²) in [5.74, 6) is 0.775. The Kier molecular flexibility index (Phi) is 8.66. The highest BCUT2D eigenvalue weighted by atomic mass is 19.4. The zero-order valence-corrected chi connectivity index (χ0v) is 24.9. The van der Waals surface area contributed by atoms with Crippen LogP contribution in [0.4, 0.5) is 19.0 Å². The Morgan fingerprint density at radius 2 is 1.67 bits per heavy atom. The van der Waals surface area contributed by atoms with Crippen LogP contribution in [0.25, 0.3) is 22.6 Å². The summed E-state index contributed by atoms with van der Waals surface area (Å²) in [6, 6.07) is 13.7. The van der Waals surface area contributed by atoms with Crippen molar-refractivity contribution in [2.24, 2.45) is 0 Å². The van der Waals surface area contributed by atoms with Crippen molar-refractivity contribution in [3.63, 3.8) is 0 Å². The number of nitrogens with two attached hydrogens (primary N) is 1. The SMILES string of the molecule is Cc1cc(COc2cc(-c3ccc(C(=O)N4CCC(N5CCCC5)CC4)cc3)cnc2N)nc(-c2ccc(C(F)(F)F)cn2)n1. The summed E-state index contributed by atoms with van der Waals surface area (Å²) in [6.07, 6.45) is 2.51. The first-order valence-corrected chi connectivity index (χ1v) is 15.0. The van der Waals surface area contributed by atoms with Crippen LogP contribution in [0.15, 0.2) is 60.9 Å². The van der Waals surface area contributed by atoms with Gasteiger partial charge in [-0.15, -0.1) is 0 Å². The van der Waals surface area contributed by atoms with Crippen molar-refractivity contribution in [3.8, 4) is 28.4 Å². The van der Waals surface area contributed by atoms with E-state index in [1.165, 1.54) is 32.0 Å². The van der Waals surface area contributed by atoms with Gasteiger partial charge >= 0.3 is 6.18 Å². The van der Waals surface area contributed by atoms with Gasteiger partial charge in [0.05, 0.1) is 11.3 Å². The van der Waals surface area contributed by atoms with Crippen LogP contribution in [0, 0.1) is 6.92 Å². The Morgan fingerprint density at radius 1 is 0.933 bits per heavy atom. The van der Waals surface area contributed by atoms with Gasteiger partial charge < -0.3 is 20.3 Å². The number of pyridine rings is 2. The molecule has 45 heavy (non-hydrogen) atoms. The molecule has 0 radical (unpaired) electrons. The van der Waals surface area contributed by atoms with Crippen LogP contribution in [0.3, 0.4) is 0 Å². The maximum atomic E-state index is 13.2. The Bertz CT molecular complexity index is 1650. The van der Waals surface area contributed by atoms with E-state index in [1.54, 1.807) is 25.3 Å². The van der Waals surface area contributed by atoms with Crippen LogP contribution in [-0.4, -0.2) is 67.9 Å². The molecular weight excluding hydrogens is 583 g/mol. The second-order valence-electron chi connectivity index (χ2n) is 11.5. The normalized spacial score (nSPS) is 16.2. The predicted molar refractivity (Wildman–Crippen MR) is 163 cm³/mol. The average Bonchev–Trinajstić information content (AvgIpc) is 3.59. The maximum Gasteiger partial charge on any atom is 0.417 e. The molecule has 9 nitrogen and oxygen atoms in total. The first-order valence-electron chi connectivity index (χ1n) is 15.0. The van der Waals surface area contributed by atoms with E-state index >= 15 is 0 Å². The molecule has 5 heterocycles. The number of rotatable bonds is 7. The molecule has 0 saturated carbocycles. The molecule has 0 unspecified atom stereocenters. The Labute approximate surface area is 259 Å². The van der Waals surface area contributed by atoms with Gasteiger partial charge in [-0.3, -0.25) is 9.78 Å². The summed E-state index contributed by atoms with van der Waals surface area (Å²) >= 11 is 0. The number of ether oxygens (including phenoxy) is 1. The molecule has 2 N–H and O–H groups in total. The molecule has 0 atom stereocenters. The van der Waals surface area contributed by atoms with Gasteiger partial charge in [0.25, 0.3) is 5.91 Å². The van der Waals surface area contributed by atoms with Crippen molar-refractivity contribution >= 4 is 11.7 Å². The molecule has 2 saturated heterocycles. The molecule has 1 aromatic carbocycles. The van der Waals surface area contributed by atoms with Crippen molar-refractivity contribution in [2.75, 3.05) is 31.9 Å². The number of likely N-dealkylation sites (tertiary alicyclic amines) is 2. The first kappa shape index (κ1) is 30.4. The van der Waals surface area contributed by atoms with E-state index in [0.717, 1.165) is 49.3 Å². The van der Waals surface area contributed by atoms with Crippen LogP contribution in [0.5, 0.6) is 5.75 Å². The molecule has 2 aliphatic heterocycles. The van der Waals surface area contributed by atoms with Gasteiger partial charge in [-0.1, -0.05) is 12.1 Å². The van der Waals surface area contributed by atoms with Gasteiger partial charge in [-0.2, -0.15) is 13.2 Å². The van der Waals surface area contributed by atoms with Crippen LogP contribution in [0.2, 0.25) is 0 Å². The lowest BCUT2D eigenvalue weighted by Gasteiger charge is -2.36. The number of halogens is 3. The molecule has 0 spiro atoms. The molecule has 2 fully saturated rings. The fourth-order valence-electron chi connectivity index (χ4n) is 5.93. The van der Waals surface area contributed by atoms with Gasteiger partial charge in [0, 0.05) is 48.3 Å². The fraction of sp³-hybridized carbons (Fsp3) is 0.364. The summed E-state index contributed by atoms with van der Waals surface area (Å²) in [5, 5.41) is 0. The minimum Gasteiger partial charge on any atom is -0.483 e. The highest BCUT2D eigenvalue weighted by Gasteiger charge is 2.31. The largest absolute Gasteiger partial charge is 0.483 e. The van der Waals surface area contributed by atoms with Crippen molar-refractivity contribution in [2.45, 2.75) is 51.4 Å². The fourth-order valence-corrected chi connectivity index (χ4v) is 5.93. The minimum absolute atomic E-state index is 0.0220. The number of amides is 1. The number of nitrogen functional groups attached to an aromatic ring is 1. The zero-order chi connectivity index (χ0) is 31.6. The van der Waals surface area contributed by atoms with Gasteiger partial charge in [0.1, 0.15) is 12.3 Å². The lowest BCUT2D eigenvalue weighted by atomic mass is 10.0. The molecular formula is C33H34F3N7O2. The van der Waals surface area contributed by atoms with Gasteiger partial charge in [0.2, 0.25) is 0 Å². The minimum atomic E-state index is -4.48. The number of aromatic nitrogens is 4. The van der Waals surface area contributed by atoms with E-state index in [4.69, 9.17) is 10.5 Å². The molecule has 1 amide bonds. The number of benzene rings is 1. The highest BCUT2D eigenvalue weighted by Crippen LogP contribution is 2.31. The van der Waals surface area contributed by atoms with E-state index in [0.29, 0.717) is 28.7 Å². The standard InChI is InChI=1S/C33H34F3N7O2/c1-21-16-26(41-31(40-21)28-9-8-25(19-38-28)33(34,35)36)20-45-29-17-24(18-39-30(29)37)22-4-6-23(7-5-22)32(44)43-14-10-27(11-15-43)42-12-2-3-13-42/h4-9,16-19,27H,2-3,10-15,20H2,1H3,(H2,37,39). The Hall–Kier alpha value is -4.58. The number of piperidine rings is 1. The molecule has 6 rings (SSSR count). The second-order valence-corrected chi connectivity index (χ2v) is 11.5. The van der Waals surface area contributed by atoms with Gasteiger partial charge in [0.15, 0.2) is 17.4 Å². The van der Waals surface area contributed by atoms with Gasteiger partial charge in [-0.25, -0.2) is 15.0 Å². The van der Waals surface area contributed by atoms with Crippen molar-refractivity contribution in [1.29, 1.82) is 0 Å². The van der Waals surface area contributed by atoms with Crippen molar-refractivity contribution < 1.29 is 22.7 Å². The summed E-state index contributed by atoms with van der Waals surface area (Å²) in [6.45, 7) is 5.68. The summed E-state index contributed by atoms with van der Waals surface area (Å²) in [7, 11) is 0. The smallest absolute Gasteiger partial charge is 0.417 e. The lowest BCUT2D eigenvalue weighted by Crippen LogP contribution is -2.45. The third-order valence-corrected chi connectivity index (χ3v) is 8.36. The number of aryl methyl sites for hydroxylation is 1. The maximum absolute atomic E-state index is 13.2. The van der Waals surface area contributed by atoms with Crippen LogP contribution in [0.1, 0.15) is 53.0 Å². The lowest BCUT2D eigenvalue weighted by molar-refractivity contribution is -0.137. The highest BCUT2D eigenvalue weighted by molar-refractivity contribution is 5.94. The molecule has 234 valence electrons. The van der Waals surface area contributed by atoms with Crippen LogP contribution >= 0.6 is 0 Å². The number of carbonyl (C=O) groups is 1. The van der Waals surface area contributed by atoms with Crippen LogP contribution in [-0.2, 0) is 12.8 Å². The summed E-state index contributed by atoms with van der Waals surface area (Å²) in [4.78, 5) is 34.6. The quantitative estimate of drug-likeness (QED) is 0.278. The number of anilines is 1. The second kappa shape index (κ2) is 12.8. The molecule has 0 aliphatic carbocycles. The molecule has 12 heteroatoms. The number of nitrogens with zero attached hydrogens (tertiary/aromatic N) is 6. The average molecular weight is 618 g/mol. The molecule has 2 aliphatic rings. The van der Waals surface area contributed by atoms with Crippen LogP contribution < -0.4 is 10.5 Å². The Balaban J connectivity index is 1.10. The summed E-state index contributed by atoms with van der Waals surface area (Å²) in [5.41, 5.74) is 8.83. The number of hydrogen-bond donors (Lipinski definition) is 1. The van der Waals surface area contributed by atoms with E-state index in [2.05, 4.69) is 24.8 Å². The predicted octanol–water partition coefficient (Wildman–Crippen LogP) is 5.79.